The minimum atomic E-state index is -0.582. The van der Waals surface area contributed by atoms with Crippen molar-refractivity contribution in [2.45, 2.75) is 26.2 Å². The lowest BCUT2D eigenvalue weighted by atomic mass is 9.85. The molecular weight excluding hydrogens is 440 g/mol. The minimum absolute atomic E-state index is 0.143. The summed E-state index contributed by atoms with van der Waals surface area (Å²) in [5.41, 5.74) is 8.31. The fraction of sp³-hybridized carbons (Fsp3) is 0.273. The van der Waals surface area contributed by atoms with Gasteiger partial charge in [0.1, 0.15) is 12.1 Å². The Morgan fingerprint density at radius 1 is 1.21 bits per heavy atom. The third-order valence-corrected chi connectivity index (χ3v) is 5.51. The summed E-state index contributed by atoms with van der Waals surface area (Å²) < 4.78 is 14.4. The SMILES string of the molecule is CCOc1cc([C@H]2CC(=O)Nc3c2c(C)nn3-c2ccc3nncn3n2)ccc1OCC(N)=O. The van der Waals surface area contributed by atoms with Crippen molar-refractivity contribution in [1.29, 1.82) is 0 Å². The highest BCUT2D eigenvalue weighted by Gasteiger charge is 2.33. The predicted molar refractivity (Wildman–Crippen MR) is 120 cm³/mol. The number of carbonyl (C=O) groups is 2. The van der Waals surface area contributed by atoms with Gasteiger partial charge in [0.25, 0.3) is 5.91 Å². The molecule has 4 aromatic rings. The molecule has 12 heteroatoms. The molecule has 0 radical (unpaired) electrons. The van der Waals surface area contributed by atoms with Crippen LogP contribution in [0.3, 0.4) is 0 Å². The van der Waals surface area contributed by atoms with Gasteiger partial charge in [-0.05, 0) is 43.7 Å². The third kappa shape index (κ3) is 3.78. The molecular formula is C22H22N8O4. The summed E-state index contributed by atoms with van der Waals surface area (Å²) in [7, 11) is 0. The first-order valence-electron chi connectivity index (χ1n) is 10.7. The Morgan fingerprint density at radius 3 is 2.85 bits per heavy atom. The fourth-order valence-corrected chi connectivity index (χ4v) is 4.11. The number of primary amides is 1. The summed E-state index contributed by atoms with van der Waals surface area (Å²) in [6.07, 6.45) is 1.74. The molecule has 34 heavy (non-hydrogen) atoms. The lowest BCUT2D eigenvalue weighted by molar-refractivity contribution is -0.120. The number of hydrogen-bond donors (Lipinski definition) is 2. The van der Waals surface area contributed by atoms with Crippen LogP contribution in [0.4, 0.5) is 5.82 Å². The van der Waals surface area contributed by atoms with Gasteiger partial charge in [-0.1, -0.05) is 6.07 Å². The Balaban J connectivity index is 1.57. The van der Waals surface area contributed by atoms with Crippen LogP contribution in [0.15, 0.2) is 36.7 Å². The number of aryl methyl sites for hydroxylation is 1. The van der Waals surface area contributed by atoms with Gasteiger partial charge < -0.3 is 20.5 Å². The van der Waals surface area contributed by atoms with E-state index in [1.165, 1.54) is 6.33 Å². The van der Waals surface area contributed by atoms with Crippen LogP contribution in [0.1, 0.15) is 36.1 Å². The number of ether oxygens (including phenoxy) is 2. The molecule has 0 spiro atoms. The smallest absolute Gasteiger partial charge is 0.255 e. The largest absolute Gasteiger partial charge is 0.490 e. The van der Waals surface area contributed by atoms with Gasteiger partial charge in [-0.25, -0.2) is 0 Å². The van der Waals surface area contributed by atoms with Gasteiger partial charge in [0, 0.05) is 17.9 Å². The number of nitrogens with zero attached hydrogens (tertiary/aromatic N) is 6. The van der Waals surface area contributed by atoms with E-state index in [1.54, 1.807) is 27.4 Å². The van der Waals surface area contributed by atoms with Crippen LogP contribution in [-0.2, 0) is 9.59 Å². The molecule has 1 aromatic carbocycles. The second-order valence-corrected chi connectivity index (χ2v) is 7.78. The molecule has 1 aliphatic heterocycles. The number of amides is 2. The molecule has 0 saturated heterocycles. The van der Waals surface area contributed by atoms with E-state index in [0.29, 0.717) is 35.4 Å². The molecule has 0 unspecified atom stereocenters. The number of carbonyl (C=O) groups excluding carboxylic acids is 2. The van der Waals surface area contributed by atoms with Crippen molar-refractivity contribution in [1.82, 2.24) is 29.6 Å². The minimum Gasteiger partial charge on any atom is -0.490 e. The van der Waals surface area contributed by atoms with Gasteiger partial charge in [-0.2, -0.15) is 14.3 Å². The van der Waals surface area contributed by atoms with Crippen LogP contribution in [0.5, 0.6) is 11.5 Å². The van der Waals surface area contributed by atoms with Gasteiger partial charge in [-0.15, -0.1) is 15.3 Å². The van der Waals surface area contributed by atoms with Crippen LogP contribution in [0, 0.1) is 6.92 Å². The summed E-state index contributed by atoms with van der Waals surface area (Å²) in [5, 5.41) is 19.9. The molecule has 174 valence electrons. The fourth-order valence-electron chi connectivity index (χ4n) is 4.11. The van der Waals surface area contributed by atoms with E-state index in [9.17, 15) is 9.59 Å². The molecule has 1 aliphatic rings. The summed E-state index contributed by atoms with van der Waals surface area (Å²) in [4.78, 5) is 23.9. The van der Waals surface area contributed by atoms with Gasteiger partial charge in [0.05, 0.1) is 12.3 Å². The summed E-state index contributed by atoms with van der Waals surface area (Å²) >= 11 is 0. The molecule has 3 N–H and O–H groups in total. The van der Waals surface area contributed by atoms with E-state index < -0.39 is 5.91 Å². The topological polar surface area (TPSA) is 152 Å². The summed E-state index contributed by atoms with van der Waals surface area (Å²) in [5.74, 6) is 0.966. The van der Waals surface area contributed by atoms with E-state index in [4.69, 9.17) is 15.2 Å². The molecule has 12 nitrogen and oxygen atoms in total. The Kier molecular flexibility index (Phi) is 5.32. The van der Waals surface area contributed by atoms with Crippen molar-refractivity contribution >= 4 is 23.3 Å². The number of fused-ring (bicyclic) bond motifs is 2. The number of hydrogen-bond acceptors (Lipinski definition) is 8. The number of aromatic nitrogens is 6. The Bertz CT molecular complexity index is 1410. The van der Waals surface area contributed by atoms with Crippen LogP contribution in [0.2, 0.25) is 0 Å². The van der Waals surface area contributed by atoms with E-state index in [-0.39, 0.29) is 24.9 Å². The Labute approximate surface area is 193 Å². The predicted octanol–water partition coefficient (Wildman–Crippen LogP) is 1.36. The highest BCUT2D eigenvalue weighted by atomic mass is 16.5. The molecule has 0 fully saturated rings. The second-order valence-electron chi connectivity index (χ2n) is 7.78. The summed E-state index contributed by atoms with van der Waals surface area (Å²) in [6.45, 7) is 3.89. The molecule has 4 heterocycles. The van der Waals surface area contributed by atoms with Gasteiger partial charge in [-0.3, -0.25) is 9.59 Å². The van der Waals surface area contributed by atoms with Crippen molar-refractivity contribution in [2.75, 3.05) is 18.5 Å². The third-order valence-electron chi connectivity index (χ3n) is 5.51. The van der Waals surface area contributed by atoms with Gasteiger partial charge in [0.15, 0.2) is 29.6 Å². The number of nitrogens with one attached hydrogen (secondary N) is 1. The lowest BCUT2D eigenvalue weighted by Gasteiger charge is -2.25. The molecule has 3 aromatic heterocycles. The first kappa shape index (κ1) is 21.4. The Morgan fingerprint density at radius 2 is 2.06 bits per heavy atom. The normalized spacial score (nSPS) is 15.1. The maximum absolute atomic E-state index is 12.7. The number of rotatable bonds is 7. The zero-order valence-corrected chi connectivity index (χ0v) is 18.6. The highest BCUT2D eigenvalue weighted by Crippen LogP contribution is 2.42. The van der Waals surface area contributed by atoms with E-state index in [0.717, 1.165) is 16.8 Å². The molecule has 5 rings (SSSR count). The van der Waals surface area contributed by atoms with Crippen LogP contribution < -0.4 is 20.5 Å². The quantitative estimate of drug-likeness (QED) is 0.418. The maximum Gasteiger partial charge on any atom is 0.255 e. The zero-order valence-electron chi connectivity index (χ0n) is 18.6. The van der Waals surface area contributed by atoms with Crippen molar-refractivity contribution in [3.63, 3.8) is 0 Å². The Hall–Kier alpha value is -4.48. The zero-order chi connectivity index (χ0) is 23.8. The van der Waals surface area contributed by atoms with E-state index >= 15 is 0 Å². The van der Waals surface area contributed by atoms with Crippen molar-refractivity contribution in [2.24, 2.45) is 5.73 Å². The van der Waals surface area contributed by atoms with Gasteiger partial charge in [0.2, 0.25) is 5.91 Å². The average Bonchev–Trinajstić information content (AvgIpc) is 3.41. The van der Waals surface area contributed by atoms with Crippen molar-refractivity contribution in [3.8, 4) is 17.3 Å². The first-order valence-corrected chi connectivity index (χ1v) is 10.7. The molecule has 0 aliphatic carbocycles. The monoisotopic (exact) mass is 462 g/mol. The van der Waals surface area contributed by atoms with Crippen molar-refractivity contribution in [3.05, 3.63) is 53.5 Å². The molecule has 1 atom stereocenters. The van der Waals surface area contributed by atoms with Crippen LogP contribution in [0.25, 0.3) is 11.5 Å². The van der Waals surface area contributed by atoms with Crippen LogP contribution in [-0.4, -0.2) is 54.6 Å². The maximum atomic E-state index is 12.7. The molecule has 0 saturated carbocycles. The van der Waals surface area contributed by atoms with E-state index in [2.05, 4.69) is 25.7 Å². The first-order chi connectivity index (χ1) is 16.4. The standard InChI is InChI=1S/C22H22N8O4/c1-3-33-16-8-13(4-5-15(16)34-10-17(23)31)14-9-20(32)25-22-21(14)12(2)27-30(22)19-7-6-18-26-24-11-29(18)28-19/h4-8,11,14H,3,9-10H2,1-2H3,(H2,23,31)(H,25,32)/t14-/m1/s1. The number of benzene rings is 1. The summed E-state index contributed by atoms with van der Waals surface area (Å²) in [6, 6.07) is 8.94. The lowest BCUT2D eigenvalue weighted by Crippen LogP contribution is -2.25. The van der Waals surface area contributed by atoms with Gasteiger partial charge >= 0.3 is 0 Å². The highest BCUT2D eigenvalue weighted by molar-refractivity contribution is 5.95. The molecule has 0 bridgehead atoms. The molecule has 2 amide bonds. The second kappa shape index (κ2) is 8.46. The van der Waals surface area contributed by atoms with Crippen molar-refractivity contribution < 1.29 is 19.1 Å². The van der Waals surface area contributed by atoms with E-state index in [1.807, 2.05) is 26.0 Å². The van der Waals surface area contributed by atoms with Crippen LogP contribution >= 0.6 is 0 Å². The number of anilines is 1. The number of nitrogens with two attached hydrogens (primary N) is 1. The average molecular weight is 462 g/mol.